The van der Waals surface area contributed by atoms with Crippen LogP contribution >= 0.6 is 0 Å². The third-order valence-electron chi connectivity index (χ3n) is 5.90. The summed E-state index contributed by atoms with van der Waals surface area (Å²) in [6, 6.07) is 27.8. The largest absolute Gasteiger partial charge is 0.497 e. The maximum Gasteiger partial charge on any atom is 0.322 e. The van der Waals surface area contributed by atoms with Gasteiger partial charge in [0.05, 0.1) is 25.4 Å². The summed E-state index contributed by atoms with van der Waals surface area (Å²) in [5.41, 5.74) is 6.20. The number of nitrogens with zero attached hydrogens (tertiary/aromatic N) is 2. The molecular weight excluding hydrogens is 398 g/mol. The zero-order valence-electron chi connectivity index (χ0n) is 18.2. The lowest BCUT2D eigenvalue weighted by Gasteiger charge is -2.31. The molecule has 1 N–H and O–H groups in total. The topological polar surface area (TPSA) is 46.5 Å². The molecule has 5 rings (SSSR count). The zero-order valence-corrected chi connectivity index (χ0v) is 18.2. The lowest BCUT2D eigenvalue weighted by Crippen LogP contribution is -2.37. The molecule has 2 heterocycles. The summed E-state index contributed by atoms with van der Waals surface area (Å²) in [5.74, 6) is 0.702. The normalized spacial score (nSPS) is 14.8. The molecule has 3 aromatic carbocycles. The molecule has 160 valence electrons. The van der Waals surface area contributed by atoms with E-state index in [1.807, 2.05) is 53.4 Å². The van der Waals surface area contributed by atoms with E-state index >= 15 is 0 Å². The van der Waals surface area contributed by atoms with Crippen molar-refractivity contribution in [2.24, 2.45) is 0 Å². The number of nitrogens with one attached hydrogen (secondary N) is 1. The molecule has 0 radical (unpaired) electrons. The Labute approximate surface area is 187 Å². The first-order valence-electron chi connectivity index (χ1n) is 10.7. The third kappa shape index (κ3) is 3.62. The van der Waals surface area contributed by atoms with Crippen molar-refractivity contribution in [2.45, 2.75) is 19.5 Å². The van der Waals surface area contributed by atoms with Crippen LogP contribution in [0.25, 0.3) is 5.69 Å². The highest BCUT2D eigenvalue weighted by atomic mass is 16.5. The average Bonchev–Trinajstić information content (AvgIpc) is 3.23. The van der Waals surface area contributed by atoms with Crippen molar-refractivity contribution in [1.29, 1.82) is 0 Å². The van der Waals surface area contributed by atoms with Crippen LogP contribution in [0.5, 0.6) is 5.75 Å². The summed E-state index contributed by atoms with van der Waals surface area (Å²) in [7, 11) is 1.62. The number of hydrogen-bond acceptors (Lipinski definition) is 2. The van der Waals surface area contributed by atoms with Crippen LogP contribution in [0.3, 0.4) is 0 Å². The van der Waals surface area contributed by atoms with E-state index in [2.05, 4.69) is 59.4 Å². The smallest absolute Gasteiger partial charge is 0.322 e. The van der Waals surface area contributed by atoms with Crippen LogP contribution in [-0.2, 0) is 6.54 Å². The van der Waals surface area contributed by atoms with E-state index in [-0.39, 0.29) is 12.1 Å². The van der Waals surface area contributed by atoms with Crippen molar-refractivity contribution in [3.63, 3.8) is 0 Å². The number of carbonyl (C=O) groups is 1. The van der Waals surface area contributed by atoms with Crippen molar-refractivity contribution in [2.75, 3.05) is 12.4 Å². The van der Waals surface area contributed by atoms with Gasteiger partial charge in [-0.3, -0.25) is 0 Å². The fourth-order valence-corrected chi connectivity index (χ4v) is 4.43. The van der Waals surface area contributed by atoms with Crippen LogP contribution in [0.15, 0.2) is 91.1 Å². The first-order valence-corrected chi connectivity index (χ1v) is 10.7. The van der Waals surface area contributed by atoms with E-state index in [0.29, 0.717) is 18.0 Å². The van der Waals surface area contributed by atoms with Gasteiger partial charge in [0, 0.05) is 23.6 Å². The number of methoxy groups -OCH3 is 1. The highest BCUT2D eigenvalue weighted by Crippen LogP contribution is 2.37. The highest BCUT2D eigenvalue weighted by molar-refractivity contribution is 5.90. The molecule has 5 nitrogen and oxygen atoms in total. The Hall–Kier alpha value is -3.99. The highest BCUT2D eigenvalue weighted by Gasteiger charge is 2.33. The van der Waals surface area contributed by atoms with E-state index in [1.165, 1.54) is 0 Å². The lowest BCUT2D eigenvalue weighted by atomic mass is 10.00. The van der Waals surface area contributed by atoms with Gasteiger partial charge in [-0.2, -0.15) is 0 Å². The molecule has 0 saturated carbocycles. The van der Waals surface area contributed by atoms with Gasteiger partial charge in [0.15, 0.2) is 0 Å². The summed E-state index contributed by atoms with van der Waals surface area (Å²) in [4.78, 5) is 15.6. The molecule has 2 amide bonds. The Bertz CT molecular complexity index is 1280. The van der Waals surface area contributed by atoms with E-state index in [4.69, 9.17) is 4.74 Å². The summed E-state index contributed by atoms with van der Waals surface area (Å²) in [5, 5.41) is 3.08. The van der Waals surface area contributed by atoms with Crippen molar-refractivity contribution >= 4 is 11.7 Å². The van der Waals surface area contributed by atoms with Gasteiger partial charge in [-0.15, -0.1) is 0 Å². The standard InChI is InChI=1S/C27H25N3O2/c1-19-8-5-10-20(16-19)26-25-14-7-15-29(25)24-13-4-3-9-21(24)18-30(26)27(31)28-22-11-6-12-23(17-22)32-2/h3-17,26H,18H2,1-2H3,(H,28,31)/t26-/m0/s1. The Morgan fingerprint density at radius 3 is 2.66 bits per heavy atom. The Balaban J connectivity index is 1.62. The molecule has 4 aromatic rings. The Morgan fingerprint density at radius 2 is 1.81 bits per heavy atom. The van der Waals surface area contributed by atoms with Crippen LogP contribution in [-0.4, -0.2) is 22.6 Å². The summed E-state index contributed by atoms with van der Waals surface area (Å²) in [6.07, 6.45) is 2.07. The number of amides is 2. The Kier molecular flexibility index (Phi) is 5.15. The van der Waals surface area contributed by atoms with Gasteiger partial charge in [-0.05, 0) is 48.4 Å². The van der Waals surface area contributed by atoms with Gasteiger partial charge < -0.3 is 19.5 Å². The number of rotatable bonds is 3. The second kappa shape index (κ2) is 8.27. The number of aromatic nitrogens is 1. The molecule has 32 heavy (non-hydrogen) atoms. The summed E-state index contributed by atoms with van der Waals surface area (Å²) in [6.45, 7) is 2.57. The number of ether oxygens (including phenoxy) is 1. The molecular formula is C27H25N3O2. The first-order chi connectivity index (χ1) is 15.6. The minimum absolute atomic E-state index is 0.158. The number of fused-ring (bicyclic) bond motifs is 3. The van der Waals surface area contributed by atoms with Crippen LogP contribution in [0.2, 0.25) is 0 Å². The van der Waals surface area contributed by atoms with Crippen molar-refractivity contribution < 1.29 is 9.53 Å². The average molecular weight is 424 g/mol. The molecule has 1 aromatic heterocycles. The number of para-hydroxylation sites is 1. The first kappa shape index (κ1) is 19.9. The number of benzene rings is 3. The molecule has 0 unspecified atom stereocenters. The van der Waals surface area contributed by atoms with Gasteiger partial charge in [-0.25, -0.2) is 4.79 Å². The summed E-state index contributed by atoms with van der Waals surface area (Å²) < 4.78 is 7.52. The lowest BCUT2D eigenvalue weighted by molar-refractivity contribution is 0.194. The van der Waals surface area contributed by atoms with Crippen molar-refractivity contribution in [3.05, 3.63) is 114 Å². The van der Waals surface area contributed by atoms with Crippen molar-refractivity contribution in [1.82, 2.24) is 9.47 Å². The molecule has 0 aliphatic carbocycles. The number of anilines is 1. The fourth-order valence-electron chi connectivity index (χ4n) is 4.43. The van der Waals surface area contributed by atoms with Crippen molar-refractivity contribution in [3.8, 4) is 11.4 Å². The van der Waals surface area contributed by atoms with Gasteiger partial charge in [0.25, 0.3) is 0 Å². The molecule has 1 aliphatic heterocycles. The Morgan fingerprint density at radius 1 is 0.969 bits per heavy atom. The second-order valence-corrected chi connectivity index (χ2v) is 8.04. The van der Waals surface area contributed by atoms with Gasteiger partial charge in [-0.1, -0.05) is 54.1 Å². The fraction of sp³-hybridized carbons (Fsp3) is 0.148. The molecule has 0 spiro atoms. The quantitative estimate of drug-likeness (QED) is 0.444. The molecule has 1 atom stereocenters. The second-order valence-electron chi connectivity index (χ2n) is 8.04. The van der Waals surface area contributed by atoms with Gasteiger partial charge in [0.1, 0.15) is 5.75 Å². The number of aryl methyl sites for hydroxylation is 1. The maximum absolute atomic E-state index is 13.7. The molecule has 0 fully saturated rings. The van der Waals surface area contributed by atoms with E-state index in [9.17, 15) is 4.79 Å². The van der Waals surface area contributed by atoms with E-state index in [0.717, 1.165) is 28.1 Å². The SMILES string of the molecule is COc1cccc(NC(=O)N2Cc3ccccc3-n3cccc3[C@@H]2c2cccc(C)c2)c1. The third-order valence-corrected chi connectivity index (χ3v) is 5.90. The van der Waals surface area contributed by atoms with Crippen LogP contribution < -0.4 is 10.1 Å². The maximum atomic E-state index is 13.7. The minimum Gasteiger partial charge on any atom is -0.497 e. The molecule has 0 bridgehead atoms. The number of carbonyl (C=O) groups excluding carboxylic acids is 1. The molecule has 5 heteroatoms. The predicted octanol–water partition coefficient (Wildman–Crippen LogP) is 5.93. The minimum atomic E-state index is -0.233. The molecule has 1 aliphatic rings. The van der Waals surface area contributed by atoms with Crippen LogP contribution in [0, 0.1) is 6.92 Å². The van der Waals surface area contributed by atoms with Crippen LogP contribution in [0.1, 0.15) is 28.4 Å². The number of hydrogen-bond donors (Lipinski definition) is 1. The van der Waals surface area contributed by atoms with E-state index in [1.54, 1.807) is 7.11 Å². The van der Waals surface area contributed by atoms with Crippen LogP contribution in [0.4, 0.5) is 10.5 Å². The zero-order chi connectivity index (χ0) is 22.1. The monoisotopic (exact) mass is 423 g/mol. The van der Waals surface area contributed by atoms with Gasteiger partial charge in [0.2, 0.25) is 0 Å². The number of urea groups is 1. The van der Waals surface area contributed by atoms with E-state index < -0.39 is 0 Å². The predicted molar refractivity (Wildman–Crippen MR) is 126 cm³/mol. The van der Waals surface area contributed by atoms with Gasteiger partial charge >= 0.3 is 6.03 Å². The summed E-state index contributed by atoms with van der Waals surface area (Å²) >= 11 is 0. The molecule has 0 saturated heterocycles.